The monoisotopic (exact) mass is 550 g/mol. The molecule has 0 saturated heterocycles. The second kappa shape index (κ2) is 11.6. The molecule has 8 nitrogen and oxygen atoms in total. The number of benzene rings is 4. The summed E-state index contributed by atoms with van der Waals surface area (Å²) in [6.45, 7) is 3.70. The second-order valence-electron chi connectivity index (χ2n) is 10.0. The molecule has 1 heterocycles. The van der Waals surface area contributed by atoms with Gasteiger partial charge < -0.3 is 25.3 Å². The molecule has 4 N–H and O–H groups in total. The van der Waals surface area contributed by atoms with Crippen molar-refractivity contribution in [3.63, 3.8) is 0 Å². The first kappa shape index (κ1) is 27.5. The number of carboxylic acids is 2. The van der Waals surface area contributed by atoms with Crippen molar-refractivity contribution in [2.24, 2.45) is 0 Å². The number of carboxylic acid groups (broad SMARTS) is 2. The van der Waals surface area contributed by atoms with E-state index in [0.29, 0.717) is 36.1 Å². The number of amides is 1. The number of hydrogen-bond donors (Lipinski definition) is 4. The van der Waals surface area contributed by atoms with Crippen LogP contribution in [0, 0.1) is 6.92 Å². The van der Waals surface area contributed by atoms with Crippen molar-refractivity contribution in [1.29, 1.82) is 0 Å². The number of H-pyrrole nitrogens is 1. The normalized spacial score (nSPS) is 11.9. The van der Waals surface area contributed by atoms with E-state index in [1.54, 1.807) is 18.2 Å². The molecule has 0 unspecified atom stereocenters. The molecule has 0 fully saturated rings. The lowest BCUT2D eigenvalue weighted by Gasteiger charge is -2.12. The Morgan fingerprint density at radius 2 is 1.63 bits per heavy atom. The maximum absolute atomic E-state index is 12.5. The quantitative estimate of drug-likeness (QED) is 0.153. The Labute approximate surface area is 236 Å². The smallest absolute Gasteiger partial charge is 0.352 e. The van der Waals surface area contributed by atoms with E-state index in [2.05, 4.69) is 10.3 Å². The Bertz CT molecular complexity index is 1780. The predicted octanol–water partition coefficient (Wildman–Crippen LogP) is 6.21. The average Bonchev–Trinajstić information content (AvgIpc) is 3.34. The summed E-state index contributed by atoms with van der Waals surface area (Å²) >= 11 is 0. The molecular formula is C33H30N2O6. The van der Waals surface area contributed by atoms with Gasteiger partial charge >= 0.3 is 11.9 Å². The zero-order chi connectivity index (χ0) is 29.1. The van der Waals surface area contributed by atoms with Gasteiger partial charge in [-0.2, -0.15) is 0 Å². The van der Waals surface area contributed by atoms with Crippen LogP contribution in [-0.2, 0) is 11.2 Å². The third-order valence-electron chi connectivity index (χ3n) is 7.23. The first-order valence-corrected chi connectivity index (χ1v) is 13.4. The number of aromatic carboxylic acids is 1. The molecule has 1 aromatic heterocycles. The molecule has 208 valence electrons. The number of aromatic amines is 1. The maximum Gasteiger partial charge on any atom is 0.352 e. The molecule has 1 amide bonds. The van der Waals surface area contributed by atoms with Gasteiger partial charge in [-0.1, -0.05) is 60.7 Å². The lowest BCUT2D eigenvalue weighted by atomic mass is 9.95. The van der Waals surface area contributed by atoms with Crippen LogP contribution in [0.15, 0.2) is 78.9 Å². The van der Waals surface area contributed by atoms with Gasteiger partial charge in [-0.3, -0.25) is 9.59 Å². The first-order chi connectivity index (χ1) is 19.7. The van der Waals surface area contributed by atoms with E-state index in [-0.39, 0.29) is 5.69 Å². The lowest BCUT2D eigenvalue weighted by molar-refractivity contribution is -0.138. The summed E-state index contributed by atoms with van der Waals surface area (Å²) in [4.78, 5) is 39.0. The molecule has 0 spiro atoms. The summed E-state index contributed by atoms with van der Waals surface area (Å²) < 4.78 is 6.08. The second-order valence-corrected chi connectivity index (χ2v) is 10.0. The highest BCUT2D eigenvalue weighted by molar-refractivity contribution is 6.04. The molecule has 8 heteroatoms. The fourth-order valence-corrected chi connectivity index (χ4v) is 5.14. The van der Waals surface area contributed by atoms with E-state index in [4.69, 9.17) is 9.84 Å². The number of ether oxygens (including phenoxy) is 1. The number of para-hydroxylation sites is 1. The summed E-state index contributed by atoms with van der Waals surface area (Å²) in [5.41, 5.74) is 4.35. The molecule has 5 aromatic rings. The van der Waals surface area contributed by atoms with Crippen LogP contribution in [0.2, 0.25) is 0 Å². The highest BCUT2D eigenvalue weighted by Gasteiger charge is 2.21. The number of carbonyl (C=O) groups is 3. The fraction of sp³-hybridized carbons (Fsp3) is 0.182. The highest BCUT2D eigenvalue weighted by Crippen LogP contribution is 2.34. The van der Waals surface area contributed by atoms with Crippen LogP contribution in [0.4, 0.5) is 0 Å². The van der Waals surface area contributed by atoms with Gasteiger partial charge in [0.1, 0.15) is 17.5 Å². The average molecular weight is 551 g/mol. The van der Waals surface area contributed by atoms with Crippen LogP contribution in [0.1, 0.15) is 45.3 Å². The number of fused-ring (bicyclic) bond motifs is 2. The number of nitrogens with one attached hydrogen (secondary N) is 2. The van der Waals surface area contributed by atoms with Gasteiger partial charge in [0.2, 0.25) is 0 Å². The minimum absolute atomic E-state index is 0.147. The van der Waals surface area contributed by atoms with E-state index < -0.39 is 23.9 Å². The zero-order valence-corrected chi connectivity index (χ0v) is 22.7. The van der Waals surface area contributed by atoms with Gasteiger partial charge in [-0.05, 0) is 67.0 Å². The third-order valence-corrected chi connectivity index (χ3v) is 7.23. The van der Waals surface area contributed by atoms with Crippen LogP contribution in [0.3, 0.4) is 0 Å². The molecule has 0 aliphatic carbocycles. The number of carbonyl (C=O) groups excluding carboxylic acids is 1. The number of rotatable bonds is 10. The molecule has 0 aliphatic heterocycles. The van der Waals surface area contributed by atoms with Crippen molar-refractivity contribution in [3.05, 3.63) is 101 Å². The van der Waals surface area contributed by atoms with Crippen molar-refractivity contribution in [2.45, 2.75) is 32.7 Å². The number of aromatic nitrogens is 1. The molecule has 41 heavy (non-hydrogen) atoms. The molecule has 0 saturated carbocycles. The summed E-state index contributed by atoms with van der Waals surface area (Å²) in [5, 5.41) is 24.5. The number of aliphatic carboxylic acids is 1. The van der Waals surface area contributed by atoms with Crippen molar-refractivity contribution < 1.29 is 29.3 Å². The topological polar surface area (TPSA) is 129 Å². The predicted molar refractivity (Wildman–Crippen MR) is 158 cm³/mol. The largest absolute Gasteiger partial charge is 0.493 e. The van der Waals surface area contributed by atoms with Crippen molar-refractivity contribution in [1.82, 2.24) is 10.3 Å². The minimum atomic E-state index is -1.12. The number of aryl methyl sites for hydroxylation is 2. The first-order valence-electron chi connectivity index (χ1n) is 13.4. The van der Waals surface area contributed by atoms with Crippen molar-refractivity contribution >= 4 is 39.5 Å². The Morgan fingerprint density at radius 1 is 0.902 bits per heavy atom. The van der Waals surface area contributed by atoms with E-state index >= 15 is 0 Å². The van der Waals surface area contributed by atoms with Gasteiger partial charge in [-0.25, -0.2) is 4.79 Å². The Morgan fingerprint density at radius 3 is 2.39 bits per heavy atom. The van der Waals surface area contributed by atoms with Crippen LogP contribution in [-0.4, -0.2) is 45.7 Å². The summed E-state index contributed by atoms with van der Waals surface area (Å²) in [7, 11) is 0. The van der Waals surface area contributed by atoms with Crippen LogP contribution in [0.25, 0.3) is 32.8 Å². The summed E-state index contributed by atoms with van der Waals surface area (Å²) in [6.07, 6.45) is 1.13. The maximum atomic E-state index is 12.5. The Kier molecular flexibility index (Phi) is 7.74. The molecule has 0 aliphatic rings. The van der Waals surface area contributed by atoms with Crippen molar-refractivity contribution in [2.75, 3.05) is 6.61 Å². The zero-order valence-electron chi connectivity index (χ0n) is 22.7. The van der Waals surface area contributed by atoms with Gasteiger partial charge in [0, 0.05) is 21.9 Å². The Hall–Kier alpha value is -5.11. The van der Waals surface area contributed by atoms with E-state index in [1.165, 1.54) is 6.92 Å². The van der Waals surface area contributed by atoms with Gasteiger partial charge in [0.05, 0.1) is 12.1 Å². The van der Waals surface area contributed by atoms with Crippen LogP contribution in [0.5, 0.6) is 5.75 Å². The summed E-state index contributed by atoms with van der Waals surface area (Å²) in [5.74, 6) is -1.83. The number of hydrogen-bond acceptors (Lipinski definition) is 4. The van der Waals surface area contributed by atoms with E-state index in [9.17, 15) is 19.5 Å². The molecule has 5 rings (SSSR count). The van der Waals surface area contributed by atoms with Crippen LogP contribution < -0.4 is 10.1 Å². The van der Waals surface area contributed by atoms with Crippen molar-refractivity contribution in [3.8, 4) is 16.9 Å². The standard InChI is InChI=1S/C33H30N2O6/c1-19-18-22(31(36)34-20(2)32(37)38)15-16-23(19)25-11-6-12-26-27(30(33(39)40)35-29(25)26)13-7-17-41-28-14-5-9-21-8-3-4-10-24(21)28/h3-6,8-12,14-16,18,20,35H,7,13,17H2,1-2H3,(H,34,36)(H,37,38)(H,39,40)/t20-/m0/s1. The van der Waals surface area contributed by atoms with Crippen LogP contribution >= 0.6 is 0 Å². The molecule has 0 radical (unpaired) electrons. The van der Waals surface area contributed by atoms with E-state index in [1.807, 2.05) is 67.6 Å². The van der Waals surface area contributed by atoms with Gasteiger partial charge in [-0.15, -0.1) is 0 Å². The van der Waals surface area contributed by atoms with E-state index in [0.717, 1.165) is 38.6 Å². The lowest BCUT2D eigenvalue weighted by Crippen LogP contribution is -2.38. The molecular weight excluding hydrogens is 520 g/mol. The molecule has 0 bridgehead atoms. The Balaban J connectivity index is 1.39. The highest BCUT2D eigenvalue weighted by atomic mass is 16.5. The van der Waals surface area contributed by atoms with Gasteiger partial charge in [0.15, 0.2) is 0 Å². The molecule has 4 aromatic carbocycles. The summed E-state index contributed by atoms with van der Waals surface area (Å²) in [6, 6.07) is 23.8. The third kappa shape index (κ3) is 5.63. The fourth-order valence-electron chi connectivity index (χ4n) is 5.14. The van der Waals surface area contributed by atoms with Gasteiger partial charge in [0.25, 0.3) is 5.91 Å². The molecule has 1 atom stereocenters. The SMILES string of the molecule is Cc1cc(C(=O)N[C@@H](C)C(=O)O)ccc1-c1cccc2c(CCCOc3cccc4ccccc34)c(C(=O)O)[nH]c12. The minimum Gasteiger partial charge on any atom is -0.493 e.